The van der Waals surface area contributed by atoms with E-state index in [1.165, 1.54) is 9.78 Å². The molecule has 0 radical (unpaired) electrons. The second-order valence-corrected chi connectivity index (χ2v) is 9.77. The van der Waals surface area contributed by atoms with Gasteiger partial charge in [-0.05, 0) is 52.3 Å². The van der Waals surface area contributed by atoms with Crippen LogP contribution in [0.4, 0.5) is 5.69 Å². The number of carbonyl (C=O) groups excluding carboxylic acids is 2. The number of carbonyl (C=O) groups is 2. The standard InChI is InChI=1S/C19H19BrClN3O2S/c20-17-6-5-15(27-17)12-22-7-9-23(10-8-22)16-11-18(25)24(19(16)26)14-3-1-13(21)2-4-14/h1-6,16H,7-12H2/t16-/m1/s1. The molecule has 27 heavy (non-hydrogen) atoms. The summed E-state index contributed by atoms with van der Waals surface area (Å²) in [6.45, 7) is 4.32. The summed E-state index contributed by atoms with van der Waals surface area (Å²) < 4.78 is 1.15. The maximum Gasteiger partial charge on any atom is 0.251 e. The van der Waals surface area contributed by atoms with Gasteiger partial charge < -0.3 is 0 Å². The van der Waals surface area contributed by atoms with Gasteiger partial charge in [0.05, 0.1) is 21.9 Å². The lowest BCUT2D eigenvalue weighted by atomic mass is 10.1. The average molecular weight is 469 g/mol. The summed E-state index contributed by atoms with van der Waals surface area (Å²) in [7, 11) is 0. The molecule has 2 aromatic rings. The molecule has 1 atom stereocenters. The van der Waals surface area contributed by atoms with Gasteiger partial charge in [-0.1, -0.05) is 11.6 Å². The maximum atomic E-state index is 12.9. The quantitative estimate of drug-likeness (QED) is 0.643. The number of piperazine rings is 1. The summed E-state index contributed by atoms with van der Waals surface area (Å²) in [5.41, 5.74) is 0.596. The topological polar surface area (TPSA) is 43.9 Å². The van der Waals surface area contributed by atoms with Crippen molar-refractivity contribution >= 4 is 56.4 Å². The van der Waals surface area contributed by atoms with E-state index in [0.29, 0.717) is 10.7 Å². The van der Waals surface area contributed by atoms with Crippen LogP contribution in [-0.2, 0) is 16.1 Å². The second-order valence-electron chi connectivity index (χ2n) is 6.78. The Morgan fingerprint density at radius 1 is 1.04 bits per heavy atom. The van der Waals surface area contributed by atoms with Crippen LogP contribution in [-0.4, -0.2) is 53.8 Å². The van der Waals surface area contributed by atoms with Gasteiger partial charge in [0, 0.05) is 42.6 Å². The van der Waals surface area contributed by atoms with Gasteiger partial charge in [0.25, 0.3) is 5.91 Å². The molecule has 1 aromatic carbocycles. The van der Waals surface area contributed by atoms with Crippen LogP contribution >= 0.6 is 38.9 Å². The highest BCUT2D eigenvalue weighted by Gasteiger charge is 2.43. The van der Waals surface area contributed by atoms with Crippen molar-refractivity contribution in [3.05, 3.63) is 50.1 Å². The van der Waals surface area contributed by atoms with E-state index in [1.54, 1.807) is 35.6 Å². The minimum atomic E-state index is -0.355. The normalized spacial score (nSPS) is 22.0. The molecule has 2 fully saturated rings. The molecule has 2 aliphatic rings. The number of amides is 2. The minimum Gasteiger partial charge on any atom is -0.296 e. The molecule has 0 bridgehead atoms. The first-order valence-corrected chi connectivity index (χ1v) is 10.8. The fourth-order valence-electron chi connectivity index (χ4n) is 3.65. The first-order chi connectivity index (χ1) is 13.0. The number of benzene rings is 1. The van der Waals surface area contributed by atoms with E-state index in [2.05, 4.69) is 37.9 Å². The molecule has 1 aromatic heterocycles. The van der Waals surface area contributed by atoms with E-state index in [1.807, 2.05) is 0 Å². The third kappa shape index (κ3) is 4.12. The first kappa shape index (κ1) is 19.1. The number of imide groups is 1. The Kier molecular flexibility index (Phi) is 5.66. The van der Waals surface area contributed by atoms with Gasteiger partial charge in [0.1, 0.15) is 0 Å². The van der Waals surface area contributed by atoms with Gasteiger partial charge in [-0.25, -0.2) is 4.90 Å². The van der Waals surface area contributed by atoms with Crippen molar-refractivity contribution < 1.29 is 9.59 Å². The van der Waals surface area contributed by atoms with Crippen LogP contribution in [0, 0.1) is 0 Å². The Hall–Kier alpha value is -1.25. The Balaban J connectivity index is 1.38. The van der Waals surface area contributed by atoms with E-state index in [-0.39, 0.29) is 24.3 Å². The highest BCUT2D eigenvalue weighted by Crippen LogP contribution is 2.28. The second kappa shape index (κ2) is 8.01. The smallest absolute Gasteiger partial charge is 0.251 e. The summed E-state index contributed by atoms with van der Waals surface area (Å²) in [5, 5.41) is 0.586. The number of thiophene rings is 1. The molecule has 5 nitrogen and oxygen atoms in total. The van der Waals surface area contributed by atoms with Crippen molar-refractivity contribution in [1.82, 2.24) is 9.80 Å². The van der Waals surface area contributed by atoms with Gasteiger partial charge in [-0.3, -0.25) is 19.4 Å². The van der Waals surface area contributed by atoms with Crippen molar-refractivity contribution in [2.24, 2.45) is 0 Å². The number of nitrogens with zero attached hydrogens (tertiary/aromatic N) is 3. The third-order valence-electron chi connectivity index (χ3n) is 5.06. The summed E-state index contributed by atoms with van der Waals surface area (Å²) in [6.07, 6.45) is 0.249. The summed E-state index contributed by atoms with van der Waals surface area (Å²) in [5.74, 6) is -0.267. The molecule has 142 valence electrons. The molecule has 8 heteroatoms. The zero-order chi connectivity index (χ0) is 19.0. The van der Waals surface area contributed by atoms with Crippen molar-refractivity contribution in [2.45, 2.75) is 19.0 Å². The average Bonchev–Trinajstić information content (AvgIpc) is 3.19. The Bertz CT molecular complexity index is 849. The fourth-order valence-corrected chi connectivity index (χ4v) is 5.30. The molecule has 2 aliphatic heterocycles. The minimum absolute atomic E-state index is 0.127. The van der Waals surface area contributed by atoms with Crippen LogP contribution in [0.3, 0.4) is 0 Å². The number of rotatable bonds is 4. The van der Waals surface area contributed by atoms with Crippen LogP contribution in [0.5, 0.6) is 0 Å². The summed E-state index contributed by atoms with van der Waals surface area (Å²) in [6, 6.07) is 10.7. The number of halogens is 2. The van der Waals surface area contributed by atoms with Crippen molar-refractivity contribution in [1.29, 1.82) is 0 Å². The van der Waals surface area contributed by atoms with Crippen LogP contribution in [0.15, 0.2) is 40.2 Å². The van der Waals surface area contributed by atoms with Crippen LogP contribution in [0.1, 0.15) is 11.3 Å². The summed E-state index contributed by atoms with van der Waals surface area (Å²) >= 11 is 11.2. The fraction of sp³-hybridized carbons (Fsp3) is 0.368. The van der Waals surface area contributed by atoms with Crippen LogP contribution in [0.2, 0.25) is 5.02 Å². The van der Waals surface area contributed by atoms with Crippen molar-refractivity contribution in [3.63, 3.8) is 0 Å². The number of hydrogen-bond donors (Lipinski definition) is 0. The Morgan fingerprint density at radius 3 is 2.37 bits per heavy atom. The van der Waals surface area contributed by atoms with E-state index in [9.17, 15) is 9.59 Å². The van der Waals surface area contributed by atoms with E-state index in [0.717, 1.165) is 36.5 Å². The first-order valence-electron chi connectivity index (χ1n) is 8.84. The SMILES string of the molecule is O=C1C[C@@H](N2CCN(Cc3ccc(Br)s3)CC2)C(=O)N1c1ccc(Cl)cc1. The highest BCUT2D eigenvalue weighted by atomic mass is 79.9. The molecule has 3 heterocycles. The van der Waals surface area contributed by atoms with E-state index < -0.39 is 0 Å². The molecule has 2 amide bonds. The zero-order valence-electron chi connectivity index (χ0n) is 14.6. The summed E-state index contributed by atoms with van der Waals surface area (Å²) in [4.78, 5) is 32.5. The number of anilines is 1. The van der Waals surface area contributed by atoms with Gasteiger partial charge in [-0.15, -0.1) is 11.3 Å². The molecule has 0 aliphatic carbocycles. The van der Waals surface area contributed by atoms with E-state index >= 15 is 0 Å². The molecule has 0 N–H and O–H groups in total. The zero-order valence-corrected chi connectivity index (χ0v) is 17.8. The molecule has 4 rings (SSSR count). The third-order valence-corrected chi connectivity index (χ3v) is 6.92. The number of hydrogen-bond acceptors (Lipinski definition) is 5. The predicted octanol–water partition coefficient (Wildman–Crippen LogP) is 3.61. The lowest BCUT2D eigenvalue weighted by Gasteiger charge is -2.36. The van der Waals surface area contributed by atoms with Crippen molar-refractivity contribution in [3.8, 4) is 0 Å². The van der Waals surface area contributed by atoms with Crippen LogP contribution in [0.25, 0.3) is 0 Å². The lowest BCUT2D eigenvalue weighted by molar-refractivity contribution is -0.123. The van der Waals surface area contributed by atoms with Crippen molar-refractivity contribution in [2.75, 3.05) is 31.1 Å². The van der Waals surface area contributed by atoms with Gasteiger partial charge in [-0.2, -0.15) is 0 Å². The predicted molar refractivity (Wildman–Crippen MR) is 111 cm³/mol. The molecule has 0 unspecified atom stereocenters. The largest absolute Gasteiger partial charge is 0.296 e. The molecular formula is C19H19BrClN3O2S. The highest BCUT2D eigenvalue weighted by molar-refractivity contribution is 9.11. The van der Waals surface area contributed by atoms with Gasteiger partial charge >= 0.3 is 0 Å². The Labute approximate surface area is 175 Å². The molecule has 2 saturated heterocycles. The van der Waals surface area contributed by atoms with Crippen LogP contribution < -0.4 is 4.90 Å². The van der Waals surface area contributed by atoms with Gasteiger partial charge in [0.15, 0.2) is 0 Å². The Morgan fingerprint density at radius 2 is 1.74 bits per heavy atom. The van der Waals surface area contributed by atoms with Gasteiger partial charge in [0.2, 0.25) is 5.91 Å². The maximum absolute atomic E-state index is 12.9. The van der Waals surface area contributed by atoms with E-state index in [4.69, 9.17) is 11.6 Å². The molecule has 0 spiro atoms. The monoisotopic (exact) mass is 467 g/mol. The lowest BCUT2D eigenvalue weighted by Crippen LogP contribution is -2.52. The molecule has 0 saturated carbocycles. The molecular weight excluding hydrogens is 450 g/mol.